The van der Waals surface area contributed by atoms with Crippen molar-refractivity contribution in [2.45, 2.75) is 53.6 Å². The quantitative estimate of drug-likeness (QED) is 0.785. The number of rotatable bonds is 4. The molecule has 0 radical (unpaired) electrons. The monoisotopic (exact) mass is 266 g/mol. The molecule has 0 N–H and O–H groups in total. The number of hydrogen-bond donors (Lipinski definition) is 0. The Morgan fingerprint density at radius 2 is 1.26 bits per heavy atom. The summed E-state index contributed by atoms with van der Waals surface area (Å²) in [5.41, 5.74) is -0.354. The summed E-state index contributed by atoms with van der Waals surface area (Å²) in [6, 6.07) is 0.523. The molecule has 2 aliphatic heterocycles. The van der Waals surface area contributed by atoms with Gasteiger partial charge >= 0.3 is 0 Å². The van der Waals surface area contributed by atoms with Gasteiger partial charge in [-0.3, -0.25) is 0 Å². The van der Waals surface area contributed by atoms with Crippen LogP contribution in [0.15, 0.2) is 9.98 Å². The van der Waals surface area contributed by atoms with Crippen molar-refractivity contribution in [3.63, 3.8) is 0 Å². The zero-order chi connectivity index (χ0) is 14.2. The lowest BCUT2D eigenvalue weighted by molar-refractivity contribution is 0.249. The molecule has 2 atom stereocenters. The van der Waals surface area contributed by atoms with Crippen LogP contribution in [0.5, 0.6) is 0 Å². The number of nitrogens with zero attached hydrogens (tertiary/aromatic N) is 2. The van der Waals surface area contributed by atoms with Gasteiger partial charge in [0.2, 0.25) is 0 Å². The predicted molar refractivity (Wildman–Crippen MR) is 77.8 cm³/mol. The highest BCUT2D eigenvalue weighted by atomic mass is 16.5. The van der Waals surface area contributed by atoms with E-state index < -0.39 is 0 Å². The first-order chi connectivity index (χ1) is 8.82. The van der Waals surface area contributed by atoms with E-state index in [0.29, 0.717) is 25.0 Å². The summed E-state index contributed by atoms with van der Waals surface area (Å²) in [5.74, 6) is 2.55. The fraction of sp³-hybridized carbons (Fsp3) is 0.867. The third-order valence-electron chi connectivity index (χ3n) is 3.96. The molecule has 0 amide bonds. The van der Waals surface area contributed by atoms with E-state index in [0.717, 1.165) is 11.8 Å². The summed E-state index contributed by atoms with van der Waals surface area (Å²) in [4.78, 5) is 9.41. The second kappa shape index (κ2) is 5.14. The lowest BCUT2D eigenvalue weighted by atomic mass is 9.92. The molecule has 2 heterocycles. The Hall–Kier alpha value is -1.06. The maximum Gasteiger partial charge on any atom is 0.199 e. The van der Waals surface area contributed by atoms with Crippen LogP contribution in [-0.2, 0) is 9.47 Å². The Kier molecular flexibility index (Phi) is 3.88. The van der Waals surface area contributed by atoms with Crippen LogP contribution in [0.2, 0.25) is 0 Å². The predicted octanol–water partition coefficient (Wildman–Crippen LogP) is 2.92. The smallest absolute Gasteiger partial charge is 0.199 e. The van der Waals surface area contributed by atoms with Gasteiger partial charge in [0.25, 0.3) is 0 Å². The van der Waals surface area contributed by atoms with Crippen LogP contribution in [0.1, 0.15) is 41.5 Å². The summed E-state index contributed by atoms with van der Waals surface area (Å²) < 4.78 is 11.6. The van der Waals surface area contributed by atoms with Crippen LogP contribution in [-0.4, -0.2) is 37.1 Å². The van der Waals surface area contributed by atoms with E-state index in [2.05, 4.69) is 41.5 Å². The van der Waals surface area contributed by atoms with E-state index in [-0.39, 0.29) is 17.5 Å². The van der Waals surface area contributed by atoms with Gasteiger partial charge in [0.15, 0.2) is 11.8 Å². The lowest BCUT2D eigenvalue weighted by Gasteiger charge is -2.22. The summed E-state index contributed by atoms with van der Waals surface area (Å²) in [7, 11) is 0. The van der Waals surface area contributed by atoms with Crippen molar-refractivity contribution in [2.75, 3.05) is 13.2 Å². The number of aliphatic imine (C=N–C) groups is 2. The maximum absolute atomic E-state index is 5.79. The van der Waals surface area contributed by atoms with Gasteiger partial charge in [0.05, 0.1) is 12.1 Å². The molecular weight excluding hydrogens is 240 g/mol. The molecule has 108 valence electrons. The molecule has 0 aromatic rings. The van der Waals surface area contributed by atoms with E-state index in [1.807, 2.05) is 0 Å². The van der Waals surface area contributed by atoms with Crippen molar-refractivity contribution in [2.24, 2.45) is 27.2 Å². The van der Waals surface area contributed by atoms with Crippen LogP contribution < -0.4 is 0 Å². The maximum atomic E-state index is 5.79. The van der Waals surface area contributed by atoms with Gasteiger partial charge < -0.3 is 9.47 Å². The molecule has 0 saturated heterocycles. The van der Waals surface area contributed by atoms with Crippen LogP contribution in [0.4, 0.5) is 0 Å². The van der Waals surface area contributed by atoms with Crippen molar-refractivity contribution < 1.29 is 9.47 Å². The average molecular weight is 266 g/mol. The van der Waals surface area contributed by atoms with Gasteiger partial charge in [0.1, 0.15) is 18.6 Å². The van der Waals surface area contributed by atoms with Crippen LogP contribution in [0.3, 0.4) is 0 Å². The zero-order valence-electron chi connectivity index (χ0n) is 12.9. The minimum atomic E-state index is -0.354. The number of ether oxygens (including phenoxy) is 2. The van der Waals surface area contributed by atoms with Crippen molar-refractivity contribution in [3.8, 4) is 0 Å². The Bertz CT molecular complexity index is 361. The van der Waals surface area contributed by atoms with Crippen molar-refractivity contribution in [3.05, 3.63) is 0 Å². The van der Waals surface area contributed by atoms with Gasteiger partial charge in [0, 0.05) is 0 Å². The normalized spacial score (nSPS) is 27.4. The van der Waals surface area contributed by atoms with Crippen LogP contribution in [0, 0.1) is 17.3 Å². The zero-order valence-corrected chi connectivity index (χ0v) is 12.9. The van der Waals surface area contributed by atoms with Gasteiger partial charge in [-0.25, -0.2) is 9.98 Å². The Morgan fingerprint density at radius 1 is 0.895 bits per heavy atom. The van der Waals surface area contributed by atoms with E-state index >= 15 is 0 Å². The van der Waals surface area contributed by atoms with Crippen molar-refractivity contribution in [1.29, 1.82) is 0 Å². The standard InChI is InChI=1S/C15H26N2O2/c1-9(2)11-7-18-13(16-11)15(5,6)14-17-12(8-19-14)10(3)4/h9-12H,7-8H2,1-6H3/t11-,12?/m0/s1. The first-order valence-corrected chi connectivity index (χ1v) is 7.24. The third kappa shape index (κ3) is 2.77. The molecule has 19 heavy (non-hydrogen) atoms. The first-order valence-electron chi connectivity index (χ1n) is 7.24. The second-order valence-corrected chi connectivity index (χ2v) is 6.74. The highest BCUT2D eigenvalue weighted by Gasteiger charge is 2.41. The summed E-state index contributed by atoms with van der Waals surface area (Å²) in [6.07, 6.45) is 0. The molecule has 4 nitrogen and oxygen atoms in total. The van der Waals surface area contributed by atoms with E-state index in [4.69, 9.17) is 19.5 Å². The molecule has 0 spiro atoms. The SMILES string of the molecule is CC(C)C1COC(C(C)(C)C2=N[C@H](C(C)C)CO2)=N1. The fourth-order valence-corrected chi connectivity index (χ4v) is 2.24. The average Bonchev–Trinajstić information content (AvgIpc) is 2.99. The topological polar surface area (TPSA) is 43.2 Å². The molecule has 0 fully saturated rings. The minimum absolute atomic E-state index is 0.261. The van der Waals surface area contributed by atoms with Crippen LogP contribution in [0.25, 0.3) is 0 Å². The van der Waals surface area contributed by atoms with Crippen LogP contribution >= 0.6 is 0 Å². The second-order valence-electron chi connectivity index (χ2n) is 6.74. The molecule has 0 bridgehead atoms. The molecule has 0 aliphatic carbocycles. The highest BCUT2D eigenvalue weighted by Crippen LogP contribution is 2.31. The minimum Gasteiger partial charge on any atom is -0.478 e. The first kappa shape index (κ1) is 14.4. The Balaban J connectivity index is 2.15. The summed E-state index contributed by atoms with van der Waals surface area (Å²) >= 11 is 0. The Labute approximate surface area is 116 Å². The summed E-state index contributed by atoms with van der Waals surface area (Å²) in [5, 5.41) is 0. The molecule has 0 aromatic heterocycles. The van der Waals surface area contributed by atoms with E-state index in [1.54, 1.807) is 0 Å². The molecule has 2 aliphatic rings. The summed E-state index contributed by atoms with van der Waals surface area (Å²) in [6.45, 7) is 14.2. The van der Waals surface area contributed by atoms with Gasteiger partial charge in [-0.1, -0.05) is 27.7 Å². The fourth-order valence-electron chi connectivity index (χ4n) is 2.24. The largest absolute Gasteiger partial charge is 0.478 e. The number of hydrogen-bond acceptors (Lipinski definition) is 4. The van der Waals surface area contributed by atoms with E-state index in [9.17, 15) is 0 Å². The Morgan fingerprint density at radius 3 is 1.53 bits per heavy atom. The van der Waals surface area contributed by atoms with Crippen molar-refractivity contribution >= 4 is 11.8 Å². The molecule has 4 heteroatoms. The van der Waals surface area contributed by atoms with E-state index in [1.165, 1.54) is 0 Å². The van der Waals surface area contributed by atoms with Crippen molar-refractivity contribution in [1.82, 2.24) is 0 Å². The van der Waals surface area contributed by atoms with Gasteiger partial charge in [-0.15, -0.1) is 0 Å². The third-order valence-corrected chi connectivity index (χ3v) is 3.96. The highest BCUT2D eigenvalue weighted by molar-refractivity contribution is 6.05. The van der Waals surface area contributed by atoms with Gasteiger partial charge in [-0.2, -0.15) is 0 Å². The molecule has 0 saturated carbocycles. The molecular formula is C15H26N2O2. The molecule has 0 aromatic carbocycles. The van der Waals surface area contributed by atoms with Gasteiger partial charge in [-0.05, 0) is 25.7 Å². The molecule has 2 rings (SSSR count). The lowest BCUT2D eigenvalue weighted by Crippen LogP contribution is -2.34. The molecule has 1 unspecified atom stereocenters.